The number of carbonyl (C=O) groups excluding carboxylic acids is 3. The van der Waals surface area contributed by atoms with Crippen molar-refractivity contribution in [2.24, 2.45) is 0 Å². The van der Waals surface area contributed by atoms with Crippen molar-refractivity contribution in [3.63, 3.8) is 0 Å². The highest BCUT2D eigenvalue weighted by Crippen LogP contribution is 2.23. The zero-order chi connectivity index (χ0) is 24.1. The van der Waals surface area contributed by atoms with Crippen molar-refractivity contribution in [3.8, 4) is 5.75 Å². The van der Waals surface area contributed by atoms with Crippen molar-refractivity contribution >= 4 is 17.7 Å². The third-order valence-corrected chi connectivity index (χ3v) is 6.41. The maximum Gasteiger partial charge on any atom is 0.338 e. The Bertz CT molecular complexity index is 1020. The summed E-state index contributed by atoms with van der Waals surface area (Å²) in [7, 11) is 0. The van der Waals surface area contributed by atoms with Gasteiger partial charge in [0, 0.05) is 17.6 Å². The number of esters is 1. The molecule has 2 aromatic carbocycles. The lowest BCUT2D eigenvalue weighted by atomic mass is 9.97. The number of ketones is 1. The molecular formula is C27H33NO5. The summed E-state index contributed by atoms with van der Waals surface area (Å²) in [4.78, 5) is 39.4. The van der Waals surface area contributed by atoms with Crippen LogP contribution in [-0.4, -0.2) is 47.9 Å². The lowest BCUT2D eigenvalue weighted by Crippen LogP contribution is -2.49. The zero-order valence-corrected chi connectivity index (χ0v) is 20.1. The second-order valence-corrected chi connectivity index (χ2v) is 8.99. The molecule has 1 amide bonds. The van der Waals surface area contributed by atoms with Gasteiger partial charge in [0.05, 0.1) is 5.56 Å². The Balaban J connectivity index is 1.52. The summed E-state index contributed by atoms with van der Waals surface area (Å²) in [5.41, 5.74) is 3.88. The van der Waals surface area contributed by atoms with Crippen molar-refractivity contribution in [3.05, 3.63) is 64.2 Å². The van der Waals surface area contributed by atoms with E-state index >= 15 is 0 Å². The summed E-state index contributed by atoms with van der Waals surface area (Å²) in [5.74, 6) is -0.343. The monoisotopic (exact) mass is 451 g/mol. The van der Waals surface area contributed by atoms with Crippen LogP contribution in [0.1, 0.15) is 70.5 Å². The second kappa shape index (κ2) is 10.6. The van der Waals surface area contributed by atoms with E-state index in [1.807, 2.05) is 37.8 Å². The van der Waals surface area contributed by atoms with Crippen molar-refractivity contribution in [2.75, 3.05) is 13.2 Å². The molecule has 0 unspecified atom stereocenters. The fraction of sp³-hybridized carbons (Fsp3) is 0.444. The number of hydrogen-bond donors (Lipinski definition) is 0. The summed E-state index contributed by atoms with van der Waals surface area (Å²) in [6.45, 7) is 9.60. The van der Waals surface area contributed by atoms with Gasteiger partial charge in [-0.15, -0.1) is 0 Å². The first-order chi connectivity index (χ1) is 15.7. The number of amides is 1. The highest BCUT2D eigenvalue weighted by molar-refractivity contribution is 6.00. The van der Waals surface area contributed by atoms with Crippen molar-refractivity contribution < 1.29 is 23.9 Å². The molecule has 3 rings (SSSR count). The molecule has 1 fully saturated rings. The van der Waals surface area contributed by atoms with Crippen molar-refractivity contribution in [1.29, 1.82) is 0 Å². The van der Waals surface area contributed by atoms with E-state index in [9.17, 15) is 14.4 Å². The Morgan fingerprint density at radius 2 is 1.48 bits per heavy atom. The minimum absolute atomic E-state index is 0.0293. The molecule has 0 spiro atoms. The first kappa shape index (κ1) is 24.5. The van der Waals surface area contributed by atoms with Crippen LogP contribution >= 0.6 is 0 Å². The quantitative estimate of drug-likeness (QED) is 0.446. The van der Waals surface area contributed by atoms with Gasteiger partial charge in [-0.3, -0.25) is 9.59 Å². The lowest BCUT2D eigenvalue weighted by Gasteiger charge is -2.38. The predicted octanol–water partition coefficient (Wildman–Crippen LogP) is 4.82. The van der Waals surface area contributed by atoms with Crippen LogP contribution in [0.5, 0.6) is 5.75 Å². The van der Waals surface area contributed by atoms with Crippen molar-refractivity contribution in [2.45, 2.75) is 66.0 Å². The van der Waals surface area contributed by atoms with Crippen LogP contribution in [0.15, 0.2) is 36.4 Å². The highest BCUT2D eigenvalue weighted by atomic mass is 16.5. The Kier molecular flexibility index (Phi) is 7.90. The molecule has 0 radical (unpaired) electrons. The average Bonchev–Trinajstić information content (AvgIpc) is 2.78. The molecule has 6 heteroatoms. The minimum atomic E-state index is -0.580. The molecule has 33 heavy (non-hydrogen) atoms. The molecule has 0 aliphatic carbocycles. The standard InChI is InChI=1S/C27H33NO5/c1-17-13-19(3)24(14-18(17)2)25(29)15-33-27(31)22-9-11-23(12-10-22)32-16-26(30)28-20(4)7-6-8-21(28)5/h9-14,20-21H,6-8,15-16H2,1-5H3/t20-,21-/m0/s1. The van der Waals surface area contributed by atoms with Crippen molar-refractivity contribution in [1.82, 2.24) is 4.90 Å². The van der Waals surface area contributed by atoms with Gasteiger partial charge in [-0.2, -0.15) is 0 Å². The number of benzene rings is 2. The molecule has 0 saturated carbocycles. The number of rotatable bonds is 7. The zero-order valence-electron chi connectivity index (χ0n) is 20.1. The number of ether oxygens (including phenoxy) is 2. The van der Waals surface area contributed by atoms with Crippen LogP contribution in [0.25, 0.3) is 0 Å². The fourth-order valence-corrected chi connectivity index (χ4v) is 4.37. The maximum absolute atomic E-state index is 12.6. The van der Waals surface area contributed by atoms with Crippen LogP contribution in [0.4, 0.5) is 0 Å². The second-order valence-electron chi connectivity index (χ2n) is 8.99. The first-order valence-electron chi connectivity index (χ1n) is 11.5. The first-order valence-corrected chi connectivity index (χ1v) is 11.5. The van der Waals surface area contributed by atoms with E-state index in [1.54, 1.807) is 24.3 Å². The third kappa shape index (κ3) is 6.01. The number of piperidine rings is 1. The van der Waals surface area contributed by atoms with Gasteiger partial charge in [0.2, 0.25) is 5.78 Å². The Hall–Kier alpha value is -3.15. The van der Waals surface area contributed by atoms with Gasteiger partial charge >= 0.3 is 5.97 Å². The Morgan fingerprint density at radius 3 is 2.12 bits per heavy atom. The maximum atomic E-state index is 12.6. The highest BCUT2D eigenvalue weighted by Gasteiger charge is 2.29. The van der Waals surface area contributed by atoms with E-state index in [0.717, 1.165) is 36.0 Å². The smallest absolute Gasteiger partial charge is 0.338 e. The van der Waals surface area contributed by atoms with E-state index in [-0.39, 0.29) is 37.0 Å². The molecule has 1 aliphatic rings. The summed E-state index contributed by atoms with van der Waals surface area (Å²) >= 11 is 0. The molecule has 0 aromatic heterocycles. The molecule has 1 saturated heterocycles. The summed E-state index contributed by atoms with van der Waals surface area (Å²) in [6, 6.07) is 10.6. The van der Waals surface area contributed by atoms with E-state index in [1.165, 1.54) is 0 Å². The van der Waals surface area contributed by atoms with E-state index < -0.39 is 5.97 Å². The summed E-state index contributed by atoms with van der Waals surface area (Å²) in [6.07, 6.45) is 3.16. The van der Waals surface area contributed by atoms with E-state index in [0.29, 0.717) is 16.9 Å². The predicted molar refractivity (Wildman–Crippen MR) is 127 cm³/mol. The third-order valence-electron chi connectivity index (χ3n) is 6.41. The summed E-state index contributed by atoms with van der Waals surface area (Å²) in [5, 5.41) is 0. The Labute approximate surface area is 195 Å². The molecule has 0 N–H and O–H groups in total. The number of Topliss-reactive ketones (excluding diaryl/α,β-unsaturated/α-hetero) is 1. The van der Waals surface area contributed by atoms with Crippen LogP contribution in [0.3, 0.4) is 0 Å². The van der Waals surface area contributed by atoms with Gasteiger partial charge in [-0.1, -0.05) is 6.07 Å². The molecule has 1 aliphatic heterocycles. The van der Waals surface area contributed by atoms with Gasteiger partial charge in [-0.05, 0) is 101 Å². The number of hydrogen-bond acceptors (Lipinski definition) is 5. The molecule has 1 heterocycles. The van der Waals surface area contributed by atoms with Gasteiger partial charge in [-0.25, -0.2) is 4.79 Å². The number of aryl methyl sites for hydroxylation is 3. The van der Waals surface area contributed by atoms with Crippen LogP contribution in [0.2, 0.25) is 0 Å². The average molecular weight is 452 g/mol. The molecule has 2 aromatic rings. The largest absolute Gasteiger partial charge is 0.484 e. The van der Waals surface area contributed by atoms with Gasteiger partial charge in [0.25, 0.3) is 5.91 Å². The number of likely N-dealkylation sites (tertiary alicyclic amines) is 1. The molecular weight excluding hydrogens is 418 g/mol. The summed E-state index contributed by atoms with van der Waals surface area (Å²) < 4.78 is 10.9. The molecule has 6 nitrogen and oxygen atoms in total. The Morgan fingerprint density at radius 1 is 0.879 bits per heavy atom. The van der Waals surface area contributed by atoms with Gasteiger partial charge in [0.15, 0.2) is 13.2 Å². The fourth-order valence-electron chi connectivity index (χ4n) is 4.37. The number of carbonyl (C=O) groups is 3. The van der Waals surface area contributed by atoms with Crippen LogP contribution in [0, 0.1) is 20.8 Å². The lowest BCUT2D eigenvalue weighted by molar-refractivity contribution is -0.139. The van der Waals surface area contributed by atoms with E-state index in [4.69, 9.17) is 9.47 Å². The molecule has 0 bridgehead atoms. The van der Waals surface area contributed by atoms with Crippen LogP contribution < -0.4 is 4.74 Å². The van der Waals surface area contributed by atoms with Gasteiger partial charge in [0.1, 0.15) is 5.75 Å². The van der Waals surface area contributed by atoms with E-state index in [2.05, 4.69) is 13.8 Å². The topological polar surface area (TPSA) is 72.9 Å². The minimum Gasteiger partial charge on any atom is -0.484 e. The van der Waals surface area contributed by atoms with Crippen LogP contribution in [-0.2, 0) is 9.53 Å². The van der Waals surface area contributed by atoms with Gasteiger partial charge < -0.3 is 14.4 Å². The normalized spacial score (nSPS) is 18.0. The number of nitrogens with zero attached hydrogens (tertiary/aromatic N) is 1. The SMILES string of the molecule is Cc1cc(C)c(C(=O)COC(=O)c2ccc(OCC(=O)N3[C@@H](C)CCC[C@@H]3C)cc2)cc1C. The molecule has 176 valence electrons. The molecule has 2 atom stereocenters.